The minimum absolute atomic E-state index is 0.312. The summed E-state index contributed by atoms with van der Waals surface area (Å²) in [5.41, 5.74) is 5.46. The second kappa shape index (κ2) is 4.72. The van der Waals surface area contributed by atoms with Crippen molar-refractivity contribution in [2.75, 3.05) is 0 Å². The standard InChI is InChI=1S/C8H16N2S2/c1-5(2)10(6(3)4)8(12)7(9)11/h5-6H,1-4H3,(H2,9,11). The van der Waals surface area contributed by atoms with Crippen molar-refractivity contribution in [1.82, 2.24) is 4.90 Å². The molecule has 12 heavy (non-hydrogen) atoms. The van der Waals surface area contributed by atoms with Crippen LogP contribution >= 0.6 is 24.4 Å². The van der Waals surface area contributed by atoms with E-state index in [-0.39, 0.29) is 0 Å². The third-order valence-electron chi connectivity index (χ3n) is 1.56. The predicted molar refractivity (Wildman–Crippen MR) is 61.5 cm³/mol. The lowest BCUT2D eigenvalue weighted by atomic mass is 10.2. The molecule has 0 aromatic rings. The highest BCUT2D eigenvalue weighted by Gasteiger charge is 2.17. The highest BCUT2D eigenvalue weighted by Crippen LogP contribution is 2.06. The van der Waals surface area contributed by atoms with E-state index in [9.17, 15) is 0 Å². The Morgan fingerprint density at radius 3 is 1.50 bits per heavy atom. The third-order valence-corrected chi connectivity index (χ3v) is 2.31. The predicted octanol–water partition coefficient (Wildman–Crippen LogP) is 1.72. The van der Waals surface area contributed by atoms with E-state index in [0.29, 0.717) is 22.1 Å². The van der Waals surface area contributed by atoms with Gasteiger partial charge in [0.1, 0.15) is 9.98 Å². The highest BCUT2D eigenvalue weighted by atomic mass is 32.1. The highest BCUT2D eigenvalue weighted by molar-refractivity contribution is 7.89. The summed E-state index contributed by atoms with van der Waals surface area (Å²) in [6.07, 6.45) is 0. The SMILES string of the molecule is CC(C)N(C(=S)C(N)=S)C(C)C. The van der Waals surface area contributed by atoms with Gasteiger partial charge in [-0.1, -0.05) is 24.4 Å². The van der Waals surface area contributed by atoms with Crippen LogP contribution in [0.4, 0.5) is 0 Å². The van der Waals surface area contributed by atoms with Gasteiger partial charge in [-0.05, 0) is 27.7 Å². The molecule has 0 unspecified atom stereocenters. The van der Waals surface area contributed by atoms with E-state index in [1.165, 1.54) is 0 Å². The van der Waals surface area contributed by atoms with Crippen LogP contribution in [0, 0.1) is 0 Å². The molecule has 2 N–H and O–H groups in total. The van der Waals surface area contributed by atoms with E-state index in [0.717, 1.165) is 0 Å². The van der Waals surface area contributed by atoms with Crippen molar-refractivity contribution in [2.45, 2.75) is 39.8 Å². The molecule has 0 aliphatic rings. The molecule has 0 fully saturated rings. The number of nitrogens with zero attached hydrogens (tertiary/aromatic N) is 1. The van der Waals surface area contributed by atoms with Crippen LogP contribution in [0.15, 0.2) is 0 Å². The van der Waals surface area contributed by atoms with Crippen molar-refractivity contribution in [2.24, 2.45) is 5.73 Å². The fourth-order valence-electron chi connectivity index (χ4n) is 1.19. The Morgan fingerprint density at radius 1 is 1.08 bits per heavy atom. The smallest absolute Gasteiger partial charge is 0.136 e. The maximum absolute atomic E-state index is 5.46. The van der Waals surface area contributed by atoms with Gasteiger partial charge < -0.3 is 10.6 Å². The van der Waals surface area contributed by atoms with Crippen LogP contribution < -0.4 is 5.73 Å². The number of hydrogen-bond acceptors (Lipinski definition) is 2. The molecule has 0 amide bonds. The summed E-state index contributed by atoms with van der Waals surface area (Å²) in [4.78, 5) is 2.94. The van der Waals surface area contributed by atoms with Crippen LogP contribution in [-0.4, -0.2) is 27.0 Å². The van der Waals surface area contributed by atoms with Gasteiger partial charge >= 0.3 is 0 Å². The Balaban J connectivity index is 4.52. The average Bonchev–Trinajstić information content (AvgIpc) is 1.85. The summed E-state index contributed by atoms with van der Waals surface area (Å²) in [6.45, 7) is 8.30. The van der Waals surface area contributed by atoms with Crippen molar-refractivity contribution in [3.8, 4) is 0 Å². The Morgan fingerprint density at radius 2 is 1.42 bits per heavy atom. The van der Waals surface area contributed by atoms with E-state index in [1.807, 2.05) is 4.90 Å². The van der Waals surface area contributed by atoms with Crippen LogP contribution in [-0.2, 0) is 0 Å². The van der Waals surface area contributed by atoms with E-state index in [1.54, 1.807) is 0 Å². The summed E-state index contributed by atoms with van der Waals surface area (Å²) in [7, 11) is 0. The van der Waals surface area contributed by atoms with E-state index in [4.69, 9.17) is 30.2 Å². The summed E-state index contributed by atoms with van der Waals surface area (Å²) < 4.78 is 0. The average molecular weight is 204 g/mol. The molecule has 70 valence electrons. The normalized spacial score (nSPS) is 10.5. The second-order valence-electron chi connectivity index (χ2n) is 3.26. The molecular formula is C8H16N2S2. The molecule has 0 aliphatic heterocycles. The zero-order valence-electron chi connectivity index (χ0n) is 8.00. The first-order chi connectivity index (χ1) is 5.37. The Kier molecular flexibility index (Phi) is 4.63. The molecule has 0 radical (unpaired) electrons. The molecule has 0 rings (SSSR count). The Hall–Kier alpha value is -0.220. The Bertz CT molecular complexity index is 179. The minimum atomic E-state index is 0.312. The molecule has 0 aliphatic carbocycles. The zero-order valence-corrected chi connectivity index (χ0v) is 9.63. The van der Waals surface area contributed by atoms with Gasteiger partial charge in [0, 0.05) is 12.1 Å². The van der Waals surface area contributed by atoms with Gasteiger partial charge in [0.05, 0.1) is 0 Å². The molecule has 0 saturated heterocycles. The largest absolute Gasteiger partial charge is 0.388 e. The van der Waals surface area contributed by atoms with Gasteiger partial charge in [0.2, 0.25) is 0 Å². The lowest BCUT2D eigenvalue weighted by molar-refractivity contribution is 0.301. The quantitative estimate of drug-likeness (QED) is 0.694. The fraction of sp³-hybridized carbons (Fsp3) is 0.750. The van der Waals surface area contributed by atoms with Crippen molar-refractivity contribution in [3.05, 3.63) is 0 Å². The first kappa shape index (κ1) is 11.8. The molecule has 0 saturated carbocycles. The molecular weight excluding hydrogens is 188 g/mol. The zero-order chi connectivity index (χ0) is 9.89. The lowest BCUT2D eigenvalue weighted by Gasteiger charge is -2.32. The van der Waals surface area contributed by atoms with Crippen LogP contribution in [0.1, 0.15) is 27.7 Å². The summed E-state index contributed by atoms with van der Waals surface area (Å²) in [5, 5.41) is 0. The molecule has 0 spiro atoms. The summed E-state index contributed by atoms with van der Waals surface area (Å²) in [6, 6.07) is 0.693. The topological polar surface area (TPSA) is 29.3 Å². The number of rotatable bonds is 2. The fourth-order valence-corrected chi connectivity index (χ4v) is 1.72. The van der Waals surface area contributed by atoms with Crippen LogP contribution in [0.2, 0.25) is 0 Å². The van der Waals surface area contributed by atoms with Gasteiger partial charge in [-0.25, -0.2) is 0 Å². The monoisotopic (exact) mass is 204 g/mol. The molecule has 0 heterocycles. The summed E-state index contributed by atoms with van der Waals surface area (Å²) in [5.74, 6) is 0. The molecule has 0 atom stereocenters. The van der Waals surface area contributed by atoms with Gasteiger partial charge in [0.15, 0.2) is 0 Å². The number of hydrogen-bond donors (Lipinski definition) is 1. The first-order valence-corrected chi connectivity index (χ1v) is 4.81. The van der Waals surface area contributed by atoms with Gasteiger partial charge in [0.25, 0.3) is 0 Å². The van der Waals surface area contributed by atoms with Gasteiger partial charge in [-0.2, -0.15) is 0 Å². The van der Waals surface area contributed by atoms with Crippen molar-refractivity contribution in [1.29, 1.82) is 0 Å². The van der Waals surface area contributed by atoms with Crippen molar-refractivity contribution >= 4 is 34.4 Å². The minimum Gasteiger partial charge on any atom is -0.388 e. The van der Waals surface area contributed by atoms with E-state index >= 15 is 0 Å². The summed E-state index contributed by atoms with van der Waals surface area (Å²) >= 11 is 9.94. The molecule has 2 nitrogen and oxygen atoms in total. The van der Waals surface area contributed by atoms with E-state index < -0.39 is 0 Å². The van der Waals surface area contributed by atoms with Crippen LogP contribution in [0.25, 0.3) is 0 Å². The van der Waals surface area contributed by atoms with E-state index in [2.05, 4.69) is 27.7 Å². The Labute approximate surface area is 85.1 Å². The first-order valence-electron chi connectivity index (χ1n) is 4.00. The van der Waals surface area contributed by atoms with Gasteiger partial charge in [-0.15, -0.1) is 0 Å². The molecule has 0 aromatic heterocycles. The molecule has 4 heteroatoms. The number of nitrogens with two attached hydrogens (primary N) is 1. The van der Waals surface area contributed by atoms with Crippen LogP contribution in [0.5, 0.6) is 0 Å². The van der Waals surface area contributed by atoms with Gasteiger partial charge in [-0.3, -0.25) is 0 Å². The maximum atomic E-state index is 5.46. The molecule has 0 bridgehead atoms. The van der Waals surface area contributed by atoms with Crippen molar-refractivity contribution < 1.29 is 0 Å². The van der Waals surface area contributed by atoms with Crippen molar-refractivity contribution in [3.63, 3.8) is 0 Å². The molecule has 0 aromatic carbocycles. The third kappa shape index (κ3) is 3.03. The second-order valence-corrected chi connectivity index (χ2v) is 4.09. The lowest BCUT2D eigenvalue weighted by Crippen LogP contribution is -2.46. The van der Waals surface area contributed by atoms with Crippen LogP contribution in [0.3, 0.4) is 0 Å². The maximum Gasteiger partial charge on any atom is 0.136 e. The number of thiocarbonyl (C=S) groups is 2.